The fourth-order valence-electron chi connectivity index (χ4n) is 2.87. The molecule has 1 aromatic rings. The number of likely N-dealkylation sites (tertiary alicyclic amines) is 1. The van der Waals surface area contributed by atoms with E-state index in [4.69, 9.17) is 4.74 Å². The number of ether oxygens (including phenoxy) is 1. The molecule has 2 aliphatic heterocycles. The van der Waals surface area contributed by atoms with Crippen molar-refractivity contribution in [3.8, 4) is 0 Å². The van der Waals surface area contributed by atoms with Gasteiger partial charge in [-0.15, -0.1) is 0 Å². The molecule has 1 aromatic carbocycles. The fraction of sp³-hybridized carbons (Fsp3) is 0.571. The Bertz CT molecular complexity index is 345. The van der Waals surface area contributed by atoms with E-state index in [-0.39, 0.29) is 0 Å². The molecule has 0 radical (unpaired) electrons. The first-order chi connectivity index (χ1) is 7.89. The largest absolute Gasteiger partial charge is 0.377 e. The van der Waals surface area contributed by atoms with Gasteiger partial charge in [0.1, 0.15) is 0 Å². The average Bonchev–Trinajstić information content (AvgIpc) is 2.29. The van der Waals surface area contributed by atoms with Crippen LogP contribution in [0.5, 0.6) is 0 Å². The van der Waals surface area contributed by atoms with E-state index in [1.807, 2.05) is 0 Å². The van der Waals surface area contributed by atoms with Gasteiger partial charge < -0.3 is 4.74 Å². The third kappa shape index (κ3) is 1.76. The molecule has 2 fully saturated rings. The number of hydrogen-bond donors (Lipinski definition) is 0. The SMILES string of the molecule is c1ccc(CN2CCCCC23COC3)cc1. The zero-order chi connectivity index (χ0) is 10.8. The first kappa shape index (κ1) is 10.3. The Morgan fingerprint density at radius 3 is 2.62 bits per heavy atom. The lowest BCUT2D eigenvalue weighted by Gasteiger charge is -2.52. The van der Waals surface area contributed by atoms with Gasteiger partial charge in [0.15, 0.2) is 0 Å². The topological polar surface area (TPSA) is 12.5 Å². The predicted molar refractivity (Wildman–Crippen MR) is 64.3 cm³/mol. The number of nitrogens with zero attached hydrogens (tertiary/aromatic N) is 1. The number of rotatable bonds is 2. The minimum Gasteiger partial charge on any atom is -0.377 e. The quantitative estimate of drug-likeness (QED) is 0.754. The molecule has 0 aromatic heterocycles. The van der Waals surface area contributed by atoms with Crippen LogP contribution in [0.1, 0.15) is 24.8 Å². The molecule has 0 saturated carbocycles. The van der Waals surface area contributed by atoms with E-state index in [0.29, 0.717) is 5.54 Å². The van der Waals surface area contributed by atoms with Crippen molar-refractivity contribution in [3.63, 3.8) is 0 Å². The summed E-state index contributed by atoms with van der Waals surface area (Å²) in [5, 5.41) is 0. The molecule has 16 heavy (non-hydrogen) atoms. The lowest BCUT2D eigenvalue weighted by atomic mass is 9.84. The van der Waals surface area contributed by atoms with Gasteiger partial charge in [-0.2, -0.15) is 0 Å². The van der Waals surface area contributed by atoms with E-state index in [9.17, 15) is 0 Å². The van der Waals surface area contributed by atoms with E-state index >= 15 is 0 Å². The van der Waals surface area contributed by atoms with Crippen molar-refractivity contribution >= 4 is 0 Å². The summed E-state index contributed by atoms with van der Waals surface area (Å²) in [4.78, 5) is 2.63. The number of piperidine rings is 1. The van der Waals surface area contributed by atoms with Gasteiger partial charge in [-0.1, -0.05) is 36.8 Å². The minimum atomic E-state index is 0.383. The monoisotopic (exact) mass is 217 g/mol. The molecule has 0 aliphatic carbocycles. The Morgan fingerprint density at radius 2 is 1.94 bits per heavy atom. The molecule has 0 atom stereocenters. The van der Waals surface area contributed by atoms with Crippen molar-refractivity contribution < 1.29 is 4.74 Å². The first-order valence-electron chi connectivity index (χ1n) is 6.26. The van der Waals surface area contributed by atoms with E-state index in [1.165, 1.54) is 31.4 Å². The van der Waals surface area contributed by atoms with Crippen LogP contribution < -0.4 is 0 Å². The second-order valence-corrected chi connectivity index (χ2v) is 5.08. The number of hydrogen-bond acceptors (Lipinski definition) is 2. The van der Waals surface area contributed by atoms with Crippen molar-refractivity contribution in [1.82, 2.24) is 4.90 Å². The van der Waals surface area contributed by atoms with Gasteiger partial charge in [-0.25, -0.2) is 0 Å². The Labute approximate surface area is 97.2 Å². The highest BCUT2D eigenvalue weighted by molar-refractivity contribution is 5.15. The van der Waals surface area contributed by atoms with Gasteiger partial charge >= 0.3 is 0 Å². The second kappa shape index (κ2) is 4.19. The molecular formula is C14H19NO. The molecule has 2 nitrogen and oxygen atoms in total. The van der Waals surface area contributed by atoms with Gasteiger partial charge in [0.25, 0.3) is 0 Å². The van der Waals surface area contributed by atoms with Gasteiger partial charge in [0.05, 0.1) is 18.8 Å². The van der Waals surface area contributed by atoms with Gasteiger partial charge in [-0.3, -0.25) is 4.90 Å². The van der Waals surface area contributed by atoms with Crippen molar-refractivity contribution in [2.45, 2.75) is 31.3 Å². The van der Waals surface area contributed by atoms with E-state index in [0.717, 1.165) is 19.8 Å². The van der Waals surface area contributed by atoms with Crippen LogP contribution in [0.3, 0.4) is 0 Å². The molecular weight excluding hydrogens is 198 g/mol. The third-order valence-corrected chi connectivity index (χ3v) is 3.95. The smallest absolute Gasteiger partial charge is 0.0681 e. The van der Waals surface area contributed by atoms with Crippen LogP contribution in [-0.2, 0) is 11.3 Å². The Morgan fingerprint density at radius 1 is 1.12 bits per heavy atom. The lowest BCUT2D eigenvalue weighted by molar-refractivity contribution is -0.159. The summed E-state index contributed by atoms with van der Waals surface area (Å²) in [5.74, 6) is 0. The third-order valence-electron chi connectivity index (χ3n) is 3.95. The normalized spacial score (nSPS) is 24.2. The average molecular weight is 217 g/mol. The molecule has 0 bridgehead atoms. The molecule has 0 N–H and O–H groups in total. The van der Waals surface area contributed by atoms with Crippen molar-refractivity contribution in [3.05, 3.63) is 35.9 Å². The fourth-order valence-corrected chi connectivity index (χ4v) is 2.87. The molecule has 2 saturated heterocycles. The maximum Gasteiger partial charge on any atom is 0.0681 e. The van der Waals surface area contributed by atoms with E-state index < -0.39 is 0 Å². The molecule has 0 amide bonds. The number of benzene rings is 1. The standard InChI is InChI=1S/C14H19NO/c1-2-6-13(7-3-1)10-15-9-5-4-8-14(15)11-16-12-14/h1-3,6-7H,4-5,8-12H2. The predicted octanol–water partition coefficient (Wildman–Crippen LogP) is 2.44. The van der Waals surface area contributed by atoms with Crippen LogP contribution in [0.25, 0.3) is 0 Å². The van der Waals surface area contributed by atoms with Crippen LogP contribution in [-0.4, -0.2) is 30.2 Å². The Kier molecular flexibility index (Phi) is 2.70. The molecule has 2 heteroatoms. The molecule has 1 spiro atoms. The van der Waals surface area contributed by atoms with Crippen molar-refractivity contribution in [2.75, 3.05) is 19.8 Å². The minimum absolute atomic E-state index is 0.383. The molecule has 2 aliphatic rings. The second-order valence-electron chi connectivity index (χ2n) is 5.08. The molecule has 2 heterocycles. The maximum atomic E-state index is 5.44. The van der Waals surface area contributed by atoms with Gasteiger partial charge in [0, 0.05) is 6.54 Å². The van der Waals surface area contributed by atoms with E-state index in [1.54, 1.807) is 0 Å². The zero-order valence-corrected chi connectivity index (χ0v) is 9.69. The summed E-state index contributed by atoms with van der Waals surface area (Å²) in [5.41, 5.74) is 1.81. The van der Waals surface area contributed by atoms with Crippen molar-refractivity contribution in [1.29, 1.82) is 0 Å². The van der Waals surface area contributed by atoms with Crippen LogP contribution in [0.15, 0.2) is 30.3 Å². The summed E-state index contributed by atoms with van der Waals surface area (Å²) in [6, 6.07) is 10.8. The summed E-state index contributed by atoms with van der Waals surface area (Å²) in [6.45, 7) is 4.21. The summed E-state index contributed by atoms with van der Waals surface area (Å²) in [6.07, 6.45) is 4.03. The lowest BCUT2D eigenvalue weighted by Crippen LogP contribution is -2.63. The van der Waals surface area contributed by atoms with Crippen LogP contribution in [0, 0.1) is 0 Å². The van der Waals surface area contributed by atoms with Gasteiger partial charge in [0.2, 0.25) is 0 Å². The van der Waals surface area contributed by atoms with E-state index in [2.05, 4.69) is 35.2 Å². The molecule has 86 valence electrons. The van der Waals surface area contributed by atoms with Crippen LogP contribution >= 0.6 is 0 Å². The van der Waals surface area contributed by atoms with Gasteiger partial charge in [-0.05, 0) is 24.9 Å². The highest BCUT2D eigenvalue weighted by atomic mass is 16.5. The molecule has 3 rings (SSSR count). The summed E-state index contributed by atoms with van der Waals surface area (Å²) in [7, 11) is 0. The summed E-state index contributed by atoms with van der Waals surface area (Å²) < 4.78 is 5.44. The molecule has 0 unspecified atom stereocenters. The summed E-state index contributed by atoms with van der Waals surface area (Å²) >= 11 is 0. The zero-order valence-electron chi connectivity index (χ0n) is 9.69. The Balaban J connectivity index is 1.73. The van der Waals surface area contributed by atoms with Crippen LogP contribution in [0.4, 0.5) is 0 Å². The highest BCUT2D eigenvalue weighted by Crippen LogP contribution is 2.35. The highest BCUT2D eigenvalue weighted by Gasteiger charge is 2.44. The maximum absolute atomic E-state index is 5.44. The first-order valence-corrected chi connectivity index (χ1v) is 6.26. The van der Waals surface area contributed by atoms with Crippen molar-refractivity contribution in [2.24, 2.45) is 0 Å². The van der Waals surface area contributed by atoms with Crippen LogP contribution in [0.2, 0.25) is 0 Å². The Hall–Kier alpha value is -0.860.